The molecule has 2 atom stereocenters. The van der Waals surface area contributed by atoms with Gasteiger partial charge in [0, 0.05) is 14.8 Å². The first-order chi connectivity index (χ1) is 11.6. The number of halogens is 1. The minimum atomic E-state index is -0.475. The van der Waals surface area contributed by atoms with Gasteiger partial charge in [-0.05, 0) is 54.7 Å². The molecule has 2 nitrogen and oxygen atoms in total. The molecule has 2 aromatic carbocycles. The number of nitrogens with two attached hydrogens (primary N) is 1. The summed E-state index contributed by atoms with van der Waals surface area (Å²) in [4.78, 5) is 2.22. The van der Waals surface area contributed by atoms with Crippen molar-refractivity contribution in [2.24, 2.45) is 11.7 Å². The van der Waals surface area contributed by atoms with E-state index in [1.54, 1.807) is 11.8 Å². The largest absolute Gasteiger partial charge is 0.391 e. The average Bonchev–Trinajstić information content (AvgIpc) is 2.63. The fraction of sp³-hybridized carbons (Fsp3) is 0.400. The van der Waals surface area contributed by atoms with Gasteiger partial charge in [0.15, 0.2) is 0 Å². The molecule has 3 rings (SSSR count). The van der Waals surface area contributed by atoms with E-state index in [4.69, 9.17) is 17.3 Å². The monoisotopic (exact) mass is 361 g/mol. The molecule has 2 aromatic rings. The third-order valence-corrected chi connectivity index (χ3v) is 6.17. The Hall–Kier alpha value is -1.00. The van der Waals surface area contributed by atoms with E-state index in [9.17, 15) is 5.11 Å². The summed E-state index contributed by atoms with van der Waals surface area (Å²) in [6.45, 7) is 0. The normalized spacial score (nSPS) is 18.3. The highest BCUT2D eigenvalue weighted by Gasteiger charge is 2.28. The van der Waals surface area contributed by atoms with Gasteiger partial charge < -0.3 is 10.8 Å². The maximum atomic E-state index is 10.8. The Morgan fingerprint density at radius 2 is 1.67 bits per heavy atom. The van der Waals surface area contributed by atoms with Gasteiger partial charge in [-0.15, -0.1) is 0 Å². The van der Waals surface area contributed by atoms with E-state index in [2.05, 4.69) is 6.07 Å². The quantitative estimate of drug-likeness (QED) is 0.746. The lowest BCUT2D eigenvalue weighted by Crippen LogP contribution is -2.34. The minimum Gasteiger partial charge on any atom is -0.391 e. The van der Waals surface area contributed by atoms with Crippen LogP contribution >= 0.6 is 23.4 Å². The third-order valence-electron chi connectivity index (χ3n) is 4.82. The average molecular weight is 362 g/mol. The van der Waals surface area contributed by atoms with Crippen LogP contribution in [0, 0.1) is 5.92 Å². The van der Waals surface area contributed by atoms with Crippen LogP contribution in [-0.2, 0) is 0 Å². The molecule has 0 aliphatic heterocycles. The van der Waals surface area contributed by atoms with Crippen molar-refractivity contribution >= 4 is 23.4 Å². The van der Waals surface area contributed by atoms with Crippen molar-refractivity contribution in [3.05, 3.63) is 59.1 Å². The summed E-state index contributed by atoms with van der Waals surface area (Å²) < 4.78 is 0. The van der Waals surface area contributed by atoms with Gasteiger partial charge in [-0.25, -0.2) is 0 Å². The molecule has 24 heavy (non-hydrogen) atoms. The second-order valence-electron chi connectivity index (χ2n) is 6.51. The summed E-state index contributed by atoms with van der Waals surface area (Å²) >= 11 is 7.63. The highest BCUT2D eigenvalue weighted by atomic mass is 35.5. The Labute approximate surface area is 153 Å². The molecule has 0 aromatic heterocycles. The molecule has 0 spiro atoms. The predicted molar refractivity (Wildman–Crippen MR) is 102 cm³/mol. The van der Waals surface area contributed by atoms with E-state index in [0.29, 0.717) is 5.92 Å². The number of aliphatic hydroxyl groups is 1. The lowest BCUT2D eigenvalue weighted by atomic mass is 9.81. The van der Waals surface area contributed by atoms with E-state index >= 15 is 0 Å². The van der Waals surface area contributed by atoms with Crippen molar-refractivity contribution in [2.75, 3.05) is 0 Å². The van der Waals surface area contributed by atoms with Crippen molar-refractivity contribution in [1.29, 1.82) is 0 Å². The molecule has 4 heteroatoms. The second-order valence-corrected chi connectivity index (χ2v) is 8.06. The van der Waals surface area contributed by atoms with Crippen LogP contribution in [0.5, 0.6) is 0 Å². The van der Waals surface area contributed by atoms with Gasteiger partial charge >= 0.3 is 0 Å². The molecule has 0 amide bonds. The van der Waals surface area contributed by atoms with Crippen molar-refractivity contribution < 1.29 is 5.11 Å². The number of hydrogen-bond acceptors (Lipinski definition) is 3. The van der Waals surface area contributed by atoms with Gasteiger partial charge in [0.25, 0.3) is 0 Å². The number of rotatable bonds is 5. The highest BCUT2D eigenvalue weighted by molar-refractivity contribution is 7.99. The van der Waals surface area contributed by atoms with Crippen molar-refractivity contribution in [2.45, 2.75) is 54.0 Å². The Kier molecular flexibility index (Phi) is 6.23. The number of hydrogen-bond donors (Lipinski definition) is 2. The molecule has 0 saturated heterocycles. The standard InChI is InChI=1S/C20H24ClNOS/c21-15-10-12-16(13-11-15)24-18-9-5-4-8-17(18)19(22)20(23)14-6-2-1-3-7-14/h4-5,8-14,19-20,23H,1-3,6-7,22H2/t19-,20+/m0/s1. The van der Waals surface area contributed by atoms with Crippen LogP contribution in [0.4, 0.5) is 0 Å². The molecular weight excluding hydrogens is 338 g/mol. The van der Waals surface area contributed by atoms with Crippen LogP contribution in [0.2, 0.25) is 5.02 Å². The van der Waals surface area contributed by atoms with Crippen LogP contribution in [0.1, 0.15) is 43.7 Å². The molecule has 0 bridgehead atoms. The van der Waals surface area contributed by atoms with Crippen LogP contribution in [0.15, 0.2) is 58.3 Å². The van der Waals surface area contributed by atoms with Gasteiger partial charge in [-0.2, -0.15) is 0 Å². The molecule has 128 valence electrons. The van der Waals surface area contributed by atoms with Gasteiger partial charge in [0.2, 0.25) is 0 Å². The van der Waals surface area contributed by atoms with E-state index in [0.717, 1.165) is 33.2 Å². The van der Waals surface area contributed by atoms with Crippen molar-refractivity contribution in [3.8, 4) is 0 Å². The van der Waals surface area contributed by atoms with Gasteiger partial charge in [0.05, 0.1) is 12.1 Å². The Balaban J connectivity index is 1.78. The van der Waals surface area contributed by atoms with Crippen LogP contribution < -0.4 is 5.73 Å². The number of aliphatic hydroxyl groups excluding tert-OH is 1. The Morgan fingerprint density at radius 3 is 2.38 bits per heavy atom. The summed E-state index contributed by atoms with van der Waals surface area (Å²) in [5, 5.41) is 11.5. The lowest BCUT2D eigenvalue weighted by Gasteiger charge is -2.31. The molecule has 0 unspecified atom stereocenters. The molecule has 1 aliphatic carbocycles. The Bertz CT molecular complexity index is 655. The van der Waals surface area contributed by atoms with Gasteiger partial charge in [0.1, 0.15) is 0 Å². The zero-order chi connectivity index (χ0) is 16.9. The third kappa shape index (κ3) is 4.34. The van der Waals surface area contributed by atoms with Crippen molar-refractivity contribution in [3.63, 3.8) is 0 Å². The molecule has 1 saturated carbocycles. The predicted octanol–water partition coefficient (Wildman–Crippen LogP) is 5.43. The van der Waals surface area contributed by atoms with E-state index in [1.807, 2.05) is 42.5 Å². The van der Waals surface area contributed by atoms with Gasteiger partial charge in [-0.1, -0.05) is 60.8 Å². The number of benzene rings is 2. The maximum Gasteiger partial charge on any atom is 0.0761 e. The first-order valence-electron chi connectivity index (χ1n) is 8.61. The van der Waals surface area contributed by atoms with Gasteiger partial charge in [-0.3, -0.25) is 0 Å². The van der Waals surface area contributed by atoms with E-state index < -0.39 is 6.10 Å². The van der Waals surface area contributed by atoms with E-state index in [1.165, 1.54) is 19.3 Å². The van der Waals surface area contributed by atoms with E-state index in [-0.39, 0.29) is 6.04 Å². The summed E-state index contributed by atoms with van der Waals surface area (Å²) in [5.41, 5.74) is 7.49. The summed E-state index contributed by atoms with van der Waals surface area (Å²) in [6, 6.07) is 15.6. The fourth-order valence-electron chi connectivity index (χ4n) is 3.43. The smallest absolute Gasteiger partial charge is 0.0761 e. The first kappa shape index (κ1) is 17.8. The van der Waals surface area contributed by atoms with Crippen LogP contribution in [-0.4, -0.2) is 11.2 Å². The molecule has 1 fully saturated rings. The van der Waals surface area contributed by atoms with Crippen LogP contribution in [0.25, 0.3) is 0 Å². The Morgan fingerprint density at radius 1 is 1.00 bits per heavy atom. The topological polar surface area (TPSA) is 46.2 Å². The van der Waals surface area contributed by atoms with Crippen molar-refractivity contribution in [1.82, 2.24) is 0 Å². The molecule has 3 N–H and O–H groups in total. The molecule has 0 heterocycles. The molecular formula is C20H24ClNOS. The zero-order valence-electron chi connectivity index (χ0n) is 13.7. The lowest BCUT2D eigenvalue weighted by molar-refractivity contribution is 0.0611. The maximum absolute atomic E-state index is 10.8. The second kappa shape index (κ2) is 8.39. The summed E-state index contributed by atoms with van der Waals surface area (Å²) in [7, 11) is 0. The van der Waals surface area contributed by atoms with Crippen LogP contribution in [0.3, 0.4) is 0 Å². The molecule has 0 radical (unpaired) electrons. The molecule has 1 aliphatic rings. The fourth-order valence-corrected chi connectivity index (χ4v) is 4.55. The highest BCUT2D eigenvalue weighted by Crippen LogP contribution is 2.37. The SMILES string of the molecule is N[C@@H](c1ccccc1Sc1ccc(Cl)cc1)[C@H](O)C1CCCCC1. The zero-order valence-corrected chi connectivity index (χ0v) is 15.3. The summed E-state index contributed by atoms with van der Waals surface area (Å²) in [6.07, 6.45) is 5.38. The summed E-state index contributed by atoms with van der Waals surface area (Å²) in [5.74, 6) is 0.322. The first-order valence-corrected chi connectivity index (χ1v) is 9.80. The minimum absolute atomic E-state index is 0.322.